The Bertz CT molecular complexity index is 718. The molecule has 1 N–H and O–H groups in total. The molecule has 4 nitrogen and oxygen atoms in total. The minimum atomic E-state index is -0.750. The summed E-state index contributed by atoms with van der Waals surface area (Å²) in [5, 5.41) is 2.61. The lowest BCUT2D eigenvalue weighted by molar-refractivity contribution is -0.119. The lowest BCUT2D eigenvalue weighted by Crippen LogP contribution is -2.21. The van der Waals surface area contributed by atoms with Crippen LogP contribution in [0.5, 0.6) is 0 Å². The summed E-state index contributed by atoms with van der Waals surface area (Å²) in [7, 11) is 0. The van der Waals surface area contributed by atoms with E-state index in [0.717, 1.165) is 16.1 Å². The summed E-state index contributed by atoms with van der Waals surface area (Å²) in [5.74, 6) is -1.76. The van der Waals surface area contributed by atoms with Gasteiger partial charge in [0.1, 0.15) is 5.82 Å². The number of benzene rings is 2. The summed E-state index contributed by atoms with van der Waals surface area (Å²) in [6, 6.07) is 10.4. The molecular formula is C16H13BrFNO3. The summed E-state index contributed by atoms with van der Waals surface area (Å²) in [6.07, 6.45) is 0. The highest BCUT2D eigenvalue weighted by Gasteiger charge is 2.11. The summed E-state index contributed by atoms with van der Waals surface area (Å²) in [5.41, 5.74) is 1.69. The quantitative estimate of drug-likeness (QED) is 0.840. The van der Waals surface area contributed by atoms with E-state index in [1.807, 2.05) is 13.0 Å². The fourth-order valence-corrected chi connectivity index (χ4v) is 2.08. The maximum Gasteiger partial charge on any atom is 0.338 e. The van der Waals surface area contributed by atoms with Gasteiger partial charge in [-0.25, -0.2) is 9.18 Å². The summed E-state index contributed by atoms with van der Waals surface area (Å²) < 4.78 is 18.7. The first-order valence-electron chi connectivity index (χ1n) is 6.44. The summed E-state index contributed by atoms with van der Waals surface area (Å²) in [4.78, 5) is 23.4. The van der Waals surface area contributed by atoms with Gasteiger partial charge in [-0.1, -0.05) is 28.1 Å². The van der Waals surface area contributed by atoms with E-state index in [-0.39, 0.29) is 5.56 Å². The Kier molecular flexibility index (Phi) is 5.27. The van der Waals surface area contributed by atoms with Crippen LogP contribution in [0.25, 0.3) is 0 Å². The number of anilines is 1. The molecule has 2 aromatic rings. The lowest BCUT2D eigenvalue weighted by Gasteiger charge is -2.08. The number of halogens is 2. The normalized spacial score (nSPS) is 10.1. The zero-order chi connectivity index (χ0) is 16.1. The average Bonchev–Trinajstić information content (AvgIpc) is 2.48. The van der Waals surface area contributed by atoms with Crippen molar-refractivity contribution in [3.63, 3.8) is 0 Å². The van der Waals surface area contributed by atoms with E-state index in [1.54, 1.807) is 12.1 Å². The minimum Gasteiger partial charge on any atom is -0.452 e. The van der Waals surface area contributed by atoms with Gasteiger partial charge in [0.15, 0.2) is 6.61 Å². The van der Waals surface area contributed by atoms with Crippen LogP contribution >= 0.6 is 15.9 Å². The van der Waals surface area contributed by atoms with Crippen LogP contribution in [-0.2, 0) is 9.53 Å². The molecule has 0 bridgehead atoms. The number of ether oxygens (including phenoxy) is 1. The highest BCUT2D eigenvalue weighted by Crippen LogP contribution is 2.20. The Balaban J connectivity index is 1.90. The van der Waals surface area contributed by atoms with E-state index in [9.17, 15) is 14.0 Å². The number of carbonyl (C=O) groups excluding carboxylic acids is 2. The zero-order valence-electron chi connectivity index (χ0n) is 11.7. The molecule has 0 unspecified atom stereocenters. The molecule has 0 radical (unpaired) electrons. The van der Waals surface area contributed by atoms with Gasteiger partial charge in [-0.15, -0.1) is 0 Å². The first-order valence-corrected chi connectivity index (χ1v) is 7.23. The van der Waals surface area contributed by atoms with Crippen LogP contribution in [-0.4, -0.2) is 18.5 Å². The van der Waals surface area contributed by atoms with E-state index in [2.05, 4.69) is 21.2 Å². The number of hydrogen-bond donors (Lipinski definition) is 1. The van der Waals surface area contributed by atoms with Gasteiger partial charge in [0.05, 0.1) is 5.56 Å². The fraction of sp³-hybridized carbons (Fsp3) is 0.125. The number of aryl methyl sites for hydroxylation is 1. The molecule has 0 atom stereocenters. The second kappa shape index (κ2) is 7.17. The van der Waals surface area contributed by atoms with Gasteiger partial charge in [-0.2, -0.15) is 0 Å². The van der Waals surface area contributed by atoms with Gasteiger partial charge in [-0.05, 0) is 42.8 Å². The van der Waals surface area contributed by atoms with Crippen LogP contribution < -0.4 is 5.32 Å². The smallest absolute Gasteiger partial charge is 0.338 e. The highest BCUT2D eigenvalue weighted by atomic mass is 79.9. The Hall–Kier alpha value is -2.21. The second-order valence-electron chi connectivity index (χ2n) is 4.60. The zero-order valence-corrected chi connectivity index (χ0v) is 13.3. The summed E-state index contributed by atoms with van der Waals surface area (Å²) >= 11 is 3.36. The van der Waals surface area contributed by atoms with Crippen molar-refractivity contribution in [1.29, 1.82) is 0 Å². The van der Waals surface area contributed by atoms with Crippen LogP contribution in [0, 0.1) is 12.7 Å². The monoisotopic (exact) mass is 365 g/mol. The Morgan fingerprint density at radius 3 is 2.68 bits per heavy atom. The molecule has 0 saturated carbocycles. The molecule has 22 heavy (non-hydrogen) atoms. The maximum atomic E-state index is 13.0. The second-order valence-corrected chi connectivity index (χ2v) is 5.45. The molecule has 0 saturated heterocycles. The fourth-order valence-electron chi connectivity index (χ4n) is 1.70. The Morgan fingerprint density at radius 1 is 1.23 bits per heavy atom. The van der Waals surface area contributed by atoms with Gasteiger partial charge in [-0.3, -0.25) is 4.79 Å². The average molecular weight is 366 g/mol. The van der Waals surface area contributed by atoms with E-state index < -0.39 is 24.3 Å². The van der Waals surface area contributed by atoms with Gasteiger partial charge < -0.3 is 10.1 Å². The third-order valence-electron chi connectivity index (χ3n) is 2.85. The molecular weight excluding hydrogens is 353 g/mol. The largest absolute Gasteiger partial charge is 0.452 e. The molecule has 0 heterocycles. The number of nitrogens with one attached hydrogen (secondary N) is 1. The highest BCUT2D eigenvalue weighted by molar-refractivity contribution is 9.10. The molecule has 2 aromatic carbocycles. The lowest BCUT2D eigenvalue weighted by atomic mass is 10.2. The minimum absolute atomic E-state index is 0.0610. The SMILES string of the molecule is Cc1ccc(NC(=O)COC(=O)c2cccc(F)c2)cc1Br. The Morgan fingerprint density at radius 2 is 2.00 bits per heavy atom. The maximum absolute atomic E-state index is 13.0. The van der Waals surface area contributed by atoms with E-state index in [0.29, 0.717) is 5.69 Å². The predicted molar refractivity (Wildman–Crippen MR) is 84.2 cm³/mol. The molecule has 1 amide bonds. The van der Waals surface area contributed by atoms with E-state index in [4.69, 9.17) is 4.74 Å². The molecule has 2 rings (SSSR count). The van der Waals surface area contributed by atoms with Crippen molar-refractivity contribution in [3.05, 3.63) is 63.9 Å². The van der Waals surface area contributed by atoms with Crippen molar-refractivity contribution in [2.45, 2.75) is 6.92 Å². The Labute approximate surface area is 135 Å². The molecule has 114 valence electrons. The first kappa shape index (κ1) is 16.2. The number of amides is 1. The van der Waals surface area contributed by atoms with E-state index >= 15 is 0 Å². The van der Waals surface area contributed by atoms with Crippen molar-refractivity contribution >= 4 is 33.5 Å². The molecule has 0 spiro atoms. The van der Waals surface area contributed by atoms with Crippen molar-refractivity contribution < 1.29 is 18.7 Å². The third kappa shape index (κ3) is 4.39. The van der Waals surface area contributed by atoms with Crippen molar-refractivity contribution in [1.82, 2.24) is 0 Å². The van der Waals surface area contributed by atoms with Gasteiger partial charge in [0, 0.05) is 10.2 Å². The van der Waals surface area contributed by atoms with Crippen LogP contribution in [0.4, 0.5) is 10.1 Å². The van der Waals surface area contributed by atoms with Gasteiger partial charge >= 0.3 is 5.97 Å². The molecule has 0 aliphatic rings. The van der Waals surface area contributed by atoms with Gasteiger partial charge in [0.2, 0.25) is 0 Å². The van der Waals surface area contributed by atoms with Gasteiger partial charge in [0.25, 0.3) is 5.91 Å². The van der Waals surface area contributed by atoms with E-state index in [1.165, 1.54) is 18.2 Å². The third-order valence-corrected chi connectivity index (χ3v) is 3.70. The molecule has 0 aromatic heterocycles. The first-order chi connectivity index (χ1) is 10.5. The predicted octanol–water partition coefficient (Wildman–Crippen LogP) is 3.69. The number of esters is 1. The number of rotatable bonds is 4. The topological polar surface area (TPSA) is 55.4 Å². The molecule has 0 aliphatic heterocycles. The van der Waals surface area contributed by atoms with Crippen LogP contribution in [0.2, 0.25) is 0 Å². The molecule has 0 aliphatic carbocycles. The van der Waals surface area contributed by atoms with Crippen molar-refractivity contribution in [2.75, 3.05) is 11.9 Å². The van der Waals surface area contributed by atoms with Crippen molar-refractivity contribution in [3.8, 4) is 0 Å². The standard InChI is InChI=1S/C16H13BrFNO3/c1-10-5-6-13(8-14(10)17)19-15(20)9-22-16(21)11-3-2-4-12(18)7-11/h2-8H,9H2,1H3,(H,19,20). The van der Waals surface area contributed by atoms with Crippen LogP contribution in [0.3, 0.4) is 0 Å². The number of carbonyl (C=O) groups is 2. The van der Waals surface area contributed by atoms with Crippen LogP contribution in [0.1, 0.15) is 15.9 Å². The summed E-state index contributed by atoms with van der Waals surface area (Å²) in [6.45, 7) is 1.48. The van der Waals surface area contributed by atoms with Crippen LogP contribution in [0.15, 0.2) is 46.9 Å². The number of hydrogen-bond acceptors (Lipinski definition) is 3. The molecule has 0 fully saturated rings. The van der Waals surface area contributed by atoms with Crippen molar-refractivity contribution in [2.24, 2.45) is 0 Å². The molecule has 6 heteroatoms.